The van der Waals surface area contributed by atoms with E-state index in [2.05, 4.69) is 10.5 Å². The van der Waals surface area contributed by atoms with E-state index < -0.39 is 0 Å². The third-order valence-corrected chi connectivity index (χ3v) is 3.11. The Morgan fingerprint density at radius 3 is 2.94 bits per heavy atom. The van der Waals surface area contributed by atoms with Crippen LogP contribution >= 0.6 is 0 Å². The number of rotatable bonds is 3. The summed E-state index contributed by atoms with van der Waals surface area (Å²) < 4.78 is 15.9. The molecule has 3 rings (SSSR count). The van der Waals surface area contributed by atoms with E-state index in [-0.39, 0.29) is 0 Å². The minimum atomic E-state index is 0.759. The van der Waals surface area contributed by atoms with E-state index in [0.29, 0.717) is 0 Å². The number of nitrogens with one attached hydrogen (secondary N) is 1. The van der Waals surface area contributed by atoms with Gasteiger partial charge in [-0.2, -0.15) is 0 Å². The summed E-state index contributed by atoms with van der Waals surface area (Å²) >= 11 is 0. The molecule has 0 bridgehead atoms. The van der Waals surface area contributed by atoms with Gasteiger partial charge >= 0.3 is 0 Å². The number of hydrogen-bond donors (Lipinski definition) is 1. The quantitative estimate of drug-likeness (QED) is 0.900. The van der Waals surface area contributed by atoms with Crippen LogP contribution in [0.1, 0.15) is 5.56 Å². The van der Waals surface area contributed by atoms with Crippen molar-refractivity contribution < 1.29 is 14.0 Å². The number of anilines is 1. The zero-order valence-electron chi connectivity index (χ0n) is 10.3. The first-order chi connectivity index (χ1) is 8.83. The Morgan fingerprint density at radius 1 is 1.28 bits per heavy atom. The van der Waals surface area contributed by atoms with Crippen molar-refractivity contribution in [1.29, 1.82) is 0 Å². The molecule has 0 unspecified atom stereocenters. The monoisotopic (exact) mass is 246 g/mol. The molecule has 2 heterocycles. The molecule has 2 aromatic rings. The van der Waals surface area contributed by atoms with Crippen LogP contribution in [0.2, 0.25) is 0 Å². The van der Waals surface area contributed by atoms with Gasteiger partial charge in [0.05, 0.1) is 14.2 Å². The van der Waals surface area contributed by atoms with Crippen LogP contribution in [0, 0.1) is 0 Å². The van der Waals surface area contributed by atoms with E-state index in [1.54, 1.807) is 14.2 Å². The van der Waals surface area contributed by atoms with Gasteiger partial charge in [0.2, 0.25) is 5.88 Å². The lowest BCUT2D eigenvalue weighted by Gasteiger charge is -2.08. The summed E-state index contributed by atoms with van der Waals surface area (Å²) in [6.07, 6.45) is 0.911. The molecule has 0 saturated heterocycles. The SMILES string of the molecule is COc1ccc(OC)c(-c2noc3c2CCN3)c1. The van der Waals surface area contributed by atoms with Gasteiger partial charge in [-0.25, -0.2) is 0 Å². The van der Waals surface area contributed by atoms with Crippen LogP contribution in [0.3, 0.4) is 0 Å². The van der Waals surface area contributed by atoms with Gasteiger partial charge in [0.15, 0.2) is 0 Å². The fourth-order valence-corrected chi connectivity index (χ4v) is 2.19. The molecule has 0 fully saturated rings. The van der Waals surface area contributed by atoms with E-state index in [4.69, 9.17) is 14.0 Å². The van der Waals surface area contributed by atoms with Crippen molar-refractivity contribution in [3.8, 4) is 22.8 Å². The average Bonchev–Trinajstić information content (AvgIpc) is 3.00. The summed E-state index contributed by atoms with van der Waals surface area (Å²) in [6.45, 7) is 0.885. The maximum absolute atomic E-state index is 5.37. The smallest absolute Gasteiger partial charge is 0.228 e. The van der Waals surface area contributed by atoms with Crippen molar-refractivity contribution in [3.63, 3.8) is 0 Å². The predicted molar refractivity (Wildman–Crippen MR) is 67.2 cm³/mol. The minimum Gasteiger partial charge on any atom is -0.497 e. The van der Waals surface area contributed by atoms with Crippen molar-refractivity contribution in [2.45, 2.75) is 6.42 Å². The summed E-state index contributed by atoms with van der Waals surface area (Å²) in [5, 5.41) is 7.27. The third kappa shape index (κ3) is 1.59. The number of nitrogens with zero attached hydrogens (tertiary/aromatic N) is 1. The fourth-order valence-electron chi connectivity index (χ4n) is 2.19. The largest absolute Gasteiger partial charge is 0.497 e. The van der Waals surface area contributed by atoms with Crippen molar-refractivity contribution in [1.82, 2.24) is 5.16 Å². The van der Waals surface area contributed by atoms with Gasteiger partial charge in [-0.05, 0) is 24.6 Å². The minimum absolute atomic E-state index is 0.759. The number of hydrogen-bond acceptors (Lipinski definition) is 5. The van der Waals surface area contributed by atoms with E-state index in [1.807, 2.05) is 18.2 Å². The highest BCUT2D eigenvalue weighted by atomic mass is 16.5. The van der Waals surface area contributed by atoms with Gasteiger partial charge in [-0.15, -0.1) is 0 Å². The number of aromatic nitrogens is 1. The molecule has 1 aromatic carbocycles. The van der Waals surface area contributed by atoms with E-state index in [0.717, 1.165) is 47.2 Å². The topological polar surface area (TPSA) is 56.5 Å². The standard InChI is InChI=1S/C13H14N2O3/c1-16-8-3-4-11(17-2)10(7-8)12-9-5-6-14-13(9)18-15-12/h3-4,7,14H,5-6H2,1-2H3. The van der Waals surface area contributed by atoms with Gasteiger partial charge < -0.3 is 19.3 Å². The Bertz CT molecular complexity index is 578. The molecule has 1 N–H and O–H groups in total. The highest BCUT2D eigenvalue weighted by molar-refractivity contribution is 5.75. The molecule has 1 aliphatic rings. The summed E-state index contributed by atoms with van der Waals surface area (Å²) in [7, 11) is 3.28. The number of fused-ring (bicyclic) bond motifs is 1. The summed E-state index contributed by atoms with van der Waals surface area (Å²) in [5.41, 5.74) is 2.82. The lowest BCUT2D eigenvalue weighted by atomic mass is 10.1. The molecule has 0 radical (unpaired) electrons. The first kappa shape index (κ1) is 11.0. The van der Waals surface area contributed by atoms with E-state index in [9.17, 15) is 0 Å². The van der Waals surface area contributed by atoms with Crippen LogP contribution in [0.5, 0.6) is 11.5 Å². The second-order valence-electron chi connectivity index (χ2n) is 4.08. The second-order valence-corrected chi connectivity index (χ2v) is 4.08. The van der Waals surface area contributed by atoms with Crippen molar-refractivity contribution >= 4 is 5.88 Å². The summed E-state index contributed by atoms with van der Waals surface area (Å²) in [5.74, 6) is 2.29. The second kappa shape index (κ2) is 4.25. The molecule has 5 heteroatoms. The number of benzene rings is 1. The van der Waals surface area contributed by atoms with Crippen LogP contribution in [-0.4, -0.2) is 25.9 Å². The van der Waals surface area contributed by atoms with Gasteiger partial charge in [0, 0.05) is 17.7 Å². The molecule has 1 aliphatic heterocycles. The molecule has 1 aromatic heterocycles. The van der Waals surface area contributed by atoms with E-state index in [1.165, 1.54) is 0 Å². The van der Waals surface area contributed by atoms with Gasteiger partial charge in [0.25, 0.3) is 0 Å². The predicted octanol–water partition coefficient (Wildman–Crippen LogP) is 2.33. The van der Waals surface area contributed by atoms with Crippen LogP contribution < -0.4 is 14.8 Å². The third-order valence-electron chi connectivity index (χ3n) is 3.11. The molecule has 0 spiro atoms. The normalized spacial score (nSPS) is 13.0. The Balaban J connectivity index is 2.14. The molecule has 0 aliphatic carbocycles. The Kier molecular flexibility index (Phi) is 2.59. The first-order valence-corrected chi connectivity index (χ1v) is 5.78. The zero-order valence-corrected chi connectivity index (χ0v) is 10.3. The Hall–Kier alpha value is -2.17. The number of methoxy groups -OCH3 is 2. The van der Waals surface area contributed by atoms with Crippen LogP contribution in [-0.2, 0) is 6.42 Å². The molecule has 0 amide bonds. The lowest BCUT2D eigenvalue weighted by Crippen LogP contribution is -1.94. The number of ether oxygens (including phenoxy) is 2. The van der Waals surface area contributed by atoms with Gasteiger partial charge in [-0.1, -0.05) is 5.16 Å². The zero-order chi connectivity index (χ0) is 12.5. The Morgan fingerprint density at radius 2 is 2.17 bits per heavy atom. The van der Waals surface area contributed by atoms with Crippen molar-refractivity contribution in [3.05, 3.63) is 23.8 Å². The van der Waals surface area contributed by atoms with Crippen molar-refractivity contribution in [2.75, 3.05) is 26.1 Å². The molecule has 0 atom stereocenters. The fraction of sp³-hybridized carbons (Fsp3) is 0.308. The van der Waals surface area contributed by atoms with Crippen LogP contribution in [0.15, 0.2) is 22.7 Å². The average molecular weight is 246 g/mol. The summed E-state index contributed by atoms with van der Waals surface area (Å²) in [6, 6.07) is 5.65. The van der Waals surface area contributed by atoms with Gasteiger partial charge in [-0.3, -0.25) is 0 Å². The molecular weight excluding hydrogens is 232 g/mol. The molecular formula is C13H14N2O3. The molecule has 94 valence electrons. The highest BCUT2D eigenvalue weighted by Crippen LogP contribution is 2.38. The molecule has 18 heavy (non-hydrogen) atoms. The van der Waals surface area contributed by atoms with Crippen LogP contribution in [0.4, 0.5) is 5.88 Å². The van der Waals surface area contributed by atoms with Gasteiger partial charge in [0.1, 0.15) is 17.2 Å². The maximum atomic E-state index is 5.37. The molecule has 5 nitrogen and oxygen atoms in total. The van der Waals surface area contributed by atoms with Crippen molar-refractivity contribution in [2.24, 2.45) is 0 Å². The molecule has 0 saturated carbocycles. The lowest BCUT2D eigenvalue weighted by molar-refractivity contribution is 0.403. The van der Waals surface area contributed by atoms with Crippen LogP contribution in [0.25, 0.3) is 11.3 Å². The first-order valence-electron chi connectivity index (χ1n) is 5.78. The maximum Gasteiger partial charge on any atom is 0.228 e. The van der Waals surface area contributed by atoms with E-state index >= 15 is 0 Å². The Labute approximate surface area is 105 Å². The highest BCUT2D eigenvalue weighted by Gasteiger charge is 2.24. The summed E-state index contributed by atoms with van der Waals surface area (Å²) in [4.78, 5) is 0.